The number of aryl methyl sites for hydroxylation is 1. The number of benzene rings is 1. The summed E-state index contributed by atoms with van der Waals surface area (Å²) in [6, 6.07) is 3.00. The quantitative estimate of drug-likeness (QED) is 0.904. The van der Waals surface area contributed by atoms with E-state index in [9.17, 15) is 18.3 Å². The first-order chi connectivity index (χ1) is 10.4. The summed E-state index contributed by atoms with van der Waals surface area (Å²) >= 11 is 0. The normalized spacial score (nSPS) is 15.3. The molecule has 1 aromatic heterocycles. The Morgan fingerprint density at radius 2 is 2.09 bits per heavy atom. The van der Waals surface area contributed by atoms with Gasteiger partial charge in [0.1, 0.15) is 0 Å². The molecule has 1 aromatic carbocycles. The fraction of sp³-hybridized carbons (Fsp3) is 0.500. The number of aromatic nitrogens is 1. The highest BCUT2D eigenvalue weighted by Gasteiger charge is 2.36. The van der Waals surface area contributed by atoms with Gasteiger partial charge in [0, 0.05) is 30.7 Å². The average molecular weight is 312 g/mol. The molecule has 2 aromatic rings. The van der Waals surface area contributed by atoms with Crippen LogP contribution in [0.15, 0.2) is 12.1 Å². The lowest BCUT2D eigenvalue weighted by Gasteiger charge is -2.17. The van der Waals surface area contributed by atoms with Gasteiger partial charge in [-0.2, -0.15) is 13.2 Å². The predicted octanol–water partition coefficient (Wildman–Crippen LogP) is 3.81. The molecule has 0 saturated carbocycles. The Bertz CT molecular complexity index is 704. The smallest absolute Gasteiger partial charge is 0.417 e. The monoisotopic (exact) mass is 312 g/mol. The lowest BCUT2D eigenvalue weighted by molar-refractivity contribution is -0.136. The molecule has 0 bridgehead atoms. The van der Waals surface area contributed by atoms with Gasteiger partial charge in [-0.3, -0.25) is 0 Å². The molecule has 0 unspecified atom stereocenters. The number of nitrogens with zero attached hydrogens (tertiary/aromatic N) is 1. The second kappa shape index (κ2) is 5.50. The topological polar surface area (TPSA) is 37.2 Å². The molecule has 0 aliphatic carbocycles. The fourth-order valence-electron chi connectivity index (χ4n) is 3.16. The van der Waals surface area contributed by atoms with Crippen LogP contribution >= 0.6 is 0 Å². The molecule has 0 amide bonds. The lowest BCUT2D eigenvalue weighted by atomic mass is 9.99. The van der Waals surface area contributed by atoms with Crippen molar-refractivity contribution < 1.29 is 18.3 Å². The Morgan fingerprint density at radius 3 is 2.77 bits per heavy atom. The summed E-state index contributed by atoms with van der Waals surface area (Å²) in [4.78, 5) is 0. The third kappa shape index (κ3) is 2.45. The van der Waals surface area contributed by atoms with E-state index in [1.165, 1.54) is 6.07 Å². The number of hydrogen-bond acceptors (Lipinski definition) is 2. The summed E-state index contributed by atoms with van der Waals surface area (Å²) in [5.41, 5.74) is 0.693. The van der Waals surface area contributed by atoms with Gasteiger partial charge >= 0.3 is 6.18 Å². The van der Waals surface area contributed by atoms with Crippen molar-refractivity contribution >= 4 is 10.8 Å². The summed E-state index contributed by atoms with van der Waals surface area (Å²) in [7, 11) is 0. The van der Waals surface area contributed by atoms with Gasteiger partial charge in [0.15, 0.2) is 5.88 Å². The van der Waals surface area contributed by atoms with Crippen LogP contribution in [0.25, 0.3) is 10.8 Å². The highest BCUT2D eigenvalue weighted by molar-refractivity contribution is 5.95. The fourth-order valence-corrected chi connectivity index (χ4v) is 3.16. The highest BCUT2D eigenvalue weighted by atomic mass is 19.4. The van der Waals surface area contributed by atoms with Crippen LogP contribution in [0.1, 0.15) is 36.6 Å². The van der Waals surface area contributed by atoms with Crippen molar-refractivity contribution in [3.05, 3.63) is 29.0 Å². The van der Waals surface area contributed by atoms with Gasteiger partial charge in [-0.25, -0.2) is 0 Å². The van der Waals surface area contributed by atoms with Crippen molar-refractivity contribution in [2.45, 2.75) is 45.5 Å². The number of halogens is 3. The molecule has 1 aliphatic rings. The Morgan fingerprint density at radius 1 is 1.32 bits per heavy atom. The maximum atomic E-state index is 13.4. The van der Waals surface area contributed by atoms with E-state index in [4.69, 9.17) is 0 Å². The molecule has 120 valence electrons. The number of hydrogen-bond donors (Lipinski definition) is 2. The zero-order valence-electron chi connectivity index (χ0n) is 12.4. The molecule has 2 heterocycles. The van der Waals surface area contributed by atoms with Crippen LogP contribution in [0.3, 0.4) is 0 Å². The minimum atomic E-state index is -4.47. The van der Waals surface area contributed by atoms with E-state index < -0.39 is 11.7 Å². The molecule has 0 radical (unpaired) electrons. The van der Waals surface area contributed by atoms with Gasteiger partial charge in [0.05, 0.1) is 10.9 Å². The van der Waals surface area contributed by atoms with Gasteiger partial charge in [0.2, 0.25) is 0 Å². The van der Waals surface area contributed by atoms with Gasteiger partial charge in [0.25, 0.3) is 0 Å². The number of fused-ring (bicyclic) bond motifs is 3. The lowest BCUT2D eigenvalue weighted by Crippen LogP contribution is -2.27. The molecule has 1 aliphatic heterocycles. The zero-order chi connectivity index (χ0) is 15.9. The van der Waals surface area contributed by atoms with Crippen molar-refractivity contribution in [1.29, 1.82) is 0 Å². The van der Waals surface area contributed by atoms with E-state index in [1.807, 2.05) is 6.92 Å². The molecule has 3 rings (SSSR count). The summed E-state index contributed by atoms with van der Waals surface area (Å²) in [6.07, 6.45) is -2.07. The van der Waals surface area contributed by atoms with E-state index in [0.29, 0.717) is 37.0 Å². The molecule has 0 fully saturated rings. The highest BCUT2D eigenvalue weighted by Crippen LogP contribution is 2.43. The summed E-state index contributed by atoms with van der Waals surface area (Å²) in [6.45, 7) is 3.62. The number of alkyl halides is 3. The number of nitrogens with one attached hydrogen (secondary N) is 1. The van der Waals surface area contributed by atoms with Crippen molar-refractivity contribution in [2.24, 2.45) is 0 Å². The van der Waals surface area contributed by atoms with Gasteiger partial charge in [-0.05, 0) is 30.5 Å². The Kier molecular flexibility index (Phi) is 3.80. The molecule has 0 saturated heterocycles. The van der Waals surface area contributed by atoms with Crippen LogP contribution < -0.4 is 5.32 Å². The maximum Gasteiger partial charge on any atom is 0.417 e. The molecule has 3 nitrogen and oxygen atoms in total. The minimum absolute atomic E-state index is 0.0635. The summed E-state index contributed by atoms with van der Waals surface area (Å²) in [5, 5.41) is 13.9. The first kappa shape index (κ1) is 15.2. The van der Waals surface area contributed by atoms with E-state index in [1.54, 1.807) is 10.6 Å². The molecule has 0 atom stereocenters. The van der Waals surface area contributed by atoms with Crippen LogP contribution in [0.5, 0.6) is 5.88 Å². The second-order valence-electron chi connectivity index (χ2n) is 5.77. The average Bonchev–Trinajstić information content (AvgIpc) is 2.77. The number of aromatic hydroxyl groups is 1. The van der Waals surface area contributed by atoms with Crippen LogP contribution in [0, 0.1) is 0 Å². The van der Waals surface area contributed by atoms with Gasteiger partial charge in [-0.1, -0.05) is 13.3 Å². The van der Waals surface area contributed by atoms with Gasteiger partial charge in [-0.15, -0.1) is 0 Å². The molecular formula is C16H19F3N2O. The van der Waals surface area contributed by atoms with E-state index in [2.05, 4.69) is 5.32 Å². The molecule has 0 spiro atoms. The van der Waals surface area contributed by atoms with Crippen molar-refractivity contribution in [2.75, 3.05) is 6.54 Å². The third-order valence-electron chi connectivity index (χ3n) is 4.24. The first-order valence-electron chi connectivity index (χ1n) is 7.58. The third-order valence-corrected chi connectivity index (χ3v) is 4.24. The van der Waals surface area contributed by atoms with E-state index in [0.717, 1.165) is 18.5 Å². The molecule has 2 N–H and O–H groups in total. The molecule has 22 heavy (non-hydrogen) atoms. The molecular weight excluding hydrogens is 293 g/mol. The minimum Gasteiger partial charge on any atom is -0.494 e. The Labute approximate surface area is 126 Å². The van der Waals surface area contributed by atoms with Crippen molar-refractivity contribution in [1.82, 2.24) is 9.88 Å². The Hall–Kier alpha value is -1.69. The SMILES string of the molecule is CCCCc1cc(C(F)(F)F)c2c(O)n3c(c2c1)CNCC3. The standard InChI is InChI=1S/C16H19F3N2O/c1-2-3-4-10-7-11-13-9-20-5-6-21(13)15(22)14(11)12(8-10)16(17,18)19/h7-8,20,22H,2-6,9H2,1H3. The molecule has 6 heteroatoms. The zero-order valence-corrected chi connectivity index (χ0v) is 12.4. The second-order valence-corrected chi connectivity index (χ2v) is 5.77. The predicted molar refractivity (Wildman–Crippen MR) is 78.9 cm³/mol. The first-order valence-corrected chi connectivity index (χ1v) is 7.58. The Balaban J connectivity index is 2.27. The van der Waals surface area contributed by atoms with E-state index >= 15 is 0 Å². The van der Waals surface area contributed by atoms with Crippen LogP contribution in [-0.4, -0.2) is 16.2 Å². The van der Waals surface area contributed by atoms with Crippen LogP contribution in [0.4, 0.5) is 13.2 Å². The van der Waals surface area contributed by atoms with Crippen molar-refractivity contribution in [3.63, 3.8) is 0 Å². The largest absolute Gasteiger partial charge is 0.494 e. The van der Waals surface area contributed by atoms with E-state index in [-0.39, 0.29) is 11.3 Å². The van der Waals surface area contributed by atoms with Crippen LogP contribution in [-0.2, 0) is 25.7 Å². The summed E-state index contributed by atoms with van der Waals surface area (Å²) in [5.74, 6) is -0.263. The van der Waals surface area contributed by atoms with Crippen molar-refractivity contribution in [3.8, 4) is 5.88 Å². The van der Waals surface area contributed by atoms with Gasteiger partial charge < -0.3 is 15.0 Å². The number of unbranched alkanes of at least 4 members (excludes halogenated alkanes) is 1. The maximum absolute atomic E-state index is 13.4. The summed E-state index contributed by atoms with van der Waals surface area (Å²) < 4.78 is 41.9. The number of rotatable bonds is 3. The van der Waals surface area contributed by atoms with Crippen LogP contribution in [0.2, 0.25) is 0 Å².